The number of aliphatic hydroxyl groups is 1. The second-order valence-electron chi connectivity index (χ2n) is 15.6. The fourth-order valence-corrected chi connectivity index (χ4v) is 11.0. The number of carbonyl (C=O) groups is 4. The fourth-order valence-electron chi connectivity index (χ4n) is 10.5. The van der Waals surface area contributed by atoms with Gasteiger partial charge in [-0.15, -0.1) is 0 Å². The second-order valence-corrected chi connectivity index (χ2v) is 17.1. The Labute approximate surface area is 304 Å². The third kappa shape index (κ3) is 8.77. The van der Waals surface area contributed by atoms with Gasteiger partial charge < -0.3 is 28.8 Å². The topological polar surface area (TPSA) is 189 Å². The minimum absolute atomic E-state index is 0.00462. The van der Waals surface area contributed by atoms with Crippen LogP contribution in [-0.4, -0.2) is 92.2 Å². The van der Waals surface area contributed by atoms with Crippen LogP contribution in [0.25, 0.3) is 0 Å². The van der Waals surface area contributed by atoms with E-state index in [2.05, 4.69) is 18.6 Å². The summed E-state index contributed by atoms with van der Waals surface area (Å²) in [6.45, 7) is 7.41. The number of alkyl halides is 5. The van der Waals surface area contributed by atoms with Crippen molar-refractivity contribution in [3.8, 4) is 0 Å². The van der Waals surface area contributed by atoms with Gasteiger partial charge in [0, 0.05) is 17.8 Å². The van der Waals surface area contributed by atoms with Gasteiger partial charge in [0.15, 0.2) is 6.29 Å². The summed E-state index contributed by atoms with van der Waals surface area (Å²) in [5, 5.41) is 4.66. The number of fused-ring (bicyclic) bond motifs is 5. The number of hydrogen-bond donors (Lipinski definition) is 2. The summed E-state index contributed by atoms with van der Waals surface area (Å²) in [4.78, 5) is 46.6. The van der Waals surface area contributed by atoms with Crippen molar-refractivity contribution in [2.24, 2.45) is 46.3 Å². The third-order valence-corrected chi connectivity index (χ3v) is 13.9. The largest absolute Gasteiger partial charge is 0.465 e. The van der Waals surface area contributed by atoms with E-state index in [1.807, 2.05) is 6.92 Å². The van der Waals surface area contributed by atoms with Crippen molar-refractivity contribution in [1.29, 1.82) is 0 Å². The number of carbonyl (C=O) groups excluding carboxylic acids is 4. The van der Waals surface area contributed by atoms with Gasteiger partial charge in [-0.25, -0.2) is 0 Å². The highest BCUT2D eigenvalue weighted by Crippen LogP contribution is 2.69. The molecule has 4 rings (SSSR count). The van der Waals surface area contributed by atoms with Crippen LogP contribution in [0.1, 0.15) is 91.4 Å². The van der Waals surface area contributed by atoms with Gasteiger partial charge in [0.1, 0.15) is 18.3 Å². The van der Waals surface area contributed by atoms with Gasteiger partial charge in [-0.1, -0.05) is 20.8 Å². The lowest BCUT2D eigenvalue weighted by atomic mass is 9.43. The lowest BCUT2D eigenvalue weighted by Gasteiger charge is -2.64. The van der Waals surface area contributed by atoms with Crippen LogP contribution in [0.4, 0.5) is 22.0 Å². The van der Waals surface area contributed by atoms with Crippen molar-refractivity contribution >= 4 is 35.5 Å². The highest BCUT2D eigenvalue weighted by Gasteiger charge is 2.68. The molecule has 0 aromatic carbocycles. The van der Waals surface area contributed by atoms with Gasteiger partial charge in [0.05, 0.1) is 6.61 Å². The van der Waals surface area contributed by atoms with Crippen molar-refractivity contribution in [1.82, 2.24) is 0 Å². The molecule has 4 fully saturated rings. The van der Waals surface area contributed by atoms with Crippen molar-refractivity contribution < 1.29 is 82.9 Å². The molecule has 0 aromatic rings. The summed E-state index contributed by atoms with van der Waals surface area (Å²) in [5.74, 6) is -1.57. The van der Waals surface area contributed by atoms with Crippen LogP contribution in [-0.2, 0) is 53.0 Å². The molecule has 13 nitrogen and oxygen atoms in total. The van der Waals surface area contributed by atoms with Crippen molar-refractivity contribution in [2.45, 2.75) is 134 Å². The monoisotopic (exact) mass is 792 g/mol. The Morgan fingerprint density at radius 3 is 2.19 bits per heavy atom. The molecule has 304 valence electrons. The molecule has 19 heteroatoms. The van der Waals surface area contributed by atoms with Crippen LogP contribution in [0.5, 0.6) is 0 Å². The molecule has 0 aromatic heterocycles. The van der Waals surface area contributed by atoms with E-state index in [0.29, 0.717) is 51.5 Å². The Hall–Kier alpha value is -2.64. The van der Waals surface area contributed by atoms with Crippen LogP contribution >= 0.6 is 0 Å². The van der Waals surface area contributed by atoms with Crippen LogP contribution in [0.2, 0.25) is 0 Å². The number of hydrogen-bond acceptors (Lipinski definition) is 12. The van der Waals surface area contributed by atoms with Gasteiger partial charge in [0.2, 0.25) is 0 Å². The first-order chi connectivity index (χ1) is 24.7. The summed E-state index contributed by atoms with van der Waals surface area (Å²) >= 11 is 0. The molecule has 4 saturated carbocycles. The number of halogens is 5. The van der Waals surface area contributed by atoms with Gasteiger partial charge in [-0.2, -0.15) is 30.4 Å². The maximum absolute atomic E-state index is 13.7. The zero-order valence-electron chi connectivity index (χ0n) is 29.8. The first kappa shape index (κ1) is 43.1. The minimum atomic E-state index is -6.57. The molecule has 0 saturated heterocycles. The molecule has 53 heavy (non-hydrogen) atoms. The van der Waals surface area contributed by atoms with E-state index in [1.54, 1.807) is 0 Å². The standard InChI is InChI=1S/C34H49F5O13S/c1-19(6-9-27(43)48-12-4-5-28(44)52-30(33(35,36)37)34(38,39)53(45,46)47)22-7-8-23-29-24(15-26(51-18-42)32(22,23)3)31(2)11-10-21(49-16-40)13-20(31)14-25(29)50-17-41/h16-27,29-30,43H,4-15H2,1-3H3,(H,45,46,47)/t19-,20+,21?,22?,23+,24+,25?,26?,27?,29?,30?,31+,32-/m1/s1. The summed E-state index contributed by atoms with van der Waals surface area (Å²) in [6, 6.07) is 0. The van der Waals surface area contributed by atoms with E-state index in [-0.39, 0.29) is 72.6 Å². The predicted octanol–water partition coefficient (Wildman–Crippen LogP) is 4.98. The summed E-state index contributed by atoms with van der Waals surface area (Å²) in [5.41, 5.74) is -0.658. The lowest BCUT2D eigenvalue weighted by Crippen LogP contribution is -2.63. The van der Waals surface area contributed by atoms with E-state index >= 15 is 0 Å². The molecule has 0 amide bonds. The number of aliphatic hydroxyl groups excluding tert-OH is 1. The first-order valence-corrected chi connectivity index (χ1v) is 19.3. The summed E-state index contributed by atoms with van der Waals surface area (Å²) < 4.78 is 122. The molecule has 0 bridgehead atoms. The third-order valence-electron chi connectivity index (χ3n) is 13.0. The highest BCUT2D eigenvalue weighted by atomic mass is 32.2. The maximum Gasteiger partial charge on any atom is 0.432 e. The summed E-state index contributed by atoms with van der Waals surface area (Å²) in [6.07, 6.45) is -8.58. The number of rotatable bonds is 18. The van der Waals surface area contributed by atoms with Crippen LogP contribution < -0.4 is 0 Å². The minimum Gasteiger partial charge on any atom is -0.465 e. The molecular weight excluding hydrogens is 743 g/mol. The second kappa shape index (κ2) is 16.6. The molecular formula is C34H49F5O13S. The average molecular weight is 793 g/mol. The van der Waals surface area contributed by atoms with Gasteiger partial charge in [-0.05, 0) is 99.2 Å². The Kier molecular flexibility index (Phi) is 13.5. The fraction of sp³-hybridized carbons (Fsp3) is 0.882. The Morgan fingerprint density at radius 1 is 0.925 bits per heavy atom. The maximum atomic E-state index is 13.7. The van der Waals surface area contributed by atoms with E-state index in [4.69, 9.17) is 23.5 Å². The van der Waals surface area contributed by atoms with E-state index in [0.717, 1.165) is 19.3 Å². The highest BCUT2D eigenvalue weighted by molar-refractivity contribution is 7.86. The van der Waals surface area contributed by atoms with E-state index < -0.39 is 57.9 Å². The van der Waals surface area contributed by atoms with Crippen LogP contribution in [0, 0.1) is 46.3 Å². The molecule has 0 spiro atoms. The van der Waals surface area contributed by atoms with Gasteiger partial charge in [0.25, 0.3) is 25.5 Å². The molecule has 7 unspecified atom stereocenters. The predicted molar refractivity (Wildman–Crippen MR) is 171 cm³/mol. The van der Waals surface area contributed by atoms with Crippen molar-refractivity contribution in [2.75, 3.05) is 6.61 Å². The number of esters is 1. The quantitative estimate of drug-likeness (QED) is 0.0360. The smallest absolute Gasteiger partial charge is 0.432 e. The van der Waals surface area contributed by atoms with E-state index in [9.17, 15) is 54.7 Å². The first-order valence-electron chi connectivity index (χ1n) is 17.8. The zero-order valence-corrected chi connectivity index (χ0v) is 30.6. The molecule has 13 atom stereocenters. The molecule has 0 heterocycles. The summed E-state index contributed by atoms with van der Waals surface area (Å²) in [7, 11) is -6.57. The van der Waals surface area contributed by atoms with Gasteiger partial charge >= 0.3 is 27.5 Å². The van der Waals surface area contributed by atoms with E-state index in [1.165, 1.54) is 0 Å². The molecule has 0 aliphatic heterocycles. The van der Waals surface area contributed by atoms with Gasteiger partial charge in [-0.3, -0.25) is 23.7 Å². The molecule has 2 N–H and O–H groups in total. The molecule has 4 aliphatic carbocycles. The average Bonchev–Trinajstić information content (AvgIpc) is 3.42. The lowest BCUT2D eigenvalue weighted by molar-refractivity contribution is -0.259. The van der Waals surface area contributed by atoms with Crippen LogP contribution in [0.3, 0.4) is 0 Å². The van der Waals surface area contributed by atoms with Crippen molar-refractivity contribution in [3.05, 3.63) is 0 Å². The SMILES string of the molecule is C[C@H](CCC(O)OCCCC(=O)OC(C(F)(F)F)C(F)(F)S(=O)(=O)O)C1CC[C@H]2C3C(OC=O)C[C@@H]4CC(OC=O)CC[C@]4(C)[C@H]3CC(OC=O)[C@]12C. The zero-order chi connectivity index (χ0) is 39.6. The van der Waals surface area contributed by atoms with Crippen LogP contribution in [0.15, 0.2) is 0 Å². The normalized spacial score (nSPS) is 36.0. The molecule has 0 radical (unpaired) electrons. The number of ether oxygens (including phenoxy) is 5. The Morgan fingerprint density at radius 2 is 1.58 bits per heavy atom. The van der Waals surface area contributed by atoms with Crippen molar-refractivity contribution in [3.63, 3.8) is 0 Å². The Balaban J connectivity index is 1.36. The Bertz CT molecular complexity index is 1420. The molecule has 4 aliphatic rings.